The van der Waals surface area contributed by atoms with E-state index in [9.17, 15) is 9.59 Å². The predicted octanol–water partition coefficient (Wildman–Crippen LogP) is 1.51. The molecule has 2 aromatic rings. The standard InChI is InChI=1S/C15H15N5O2S/c1-9-8-17-15(23-9)18-14(22)11-7-12(13(16)21)20(19-11)10-5-3-2-4-6-10/h2-6,8,12H,7H2,1H3,(H2,16,21)(H,17,18,22). The van der Waals surface area contributed by atoms with Crippen LogP contribution in [0.1, 0.15) is 11.3 Å². The quantitative estimate of drug-likeness (QED) is 0.888. The van der Waals surface area contributed by atoms with E-state index in [1.807, 2.05) is 37.3 Å². The van der Waals surface area contributed by atoms with Crippen LogP contribution < -0.4 is 16.1 Å². The third-order valence-electron chi connectivity index (χ3n) is 3.36. The molecule has 0 fully saturated rings. The van der Waals surface area contributed by atoms with Gasteiger partial charge in [0.05, 0.1) is 5.69 Å². The molecule has 2 heterocycles. The molecule has 0 saturated heterocycles. The Morgan fingerprint density at radius 2 is 2.09 bits per heavy atom. The summed E-state index contributed by atoms with van der Waals surface area (Å²) in [6, 6.07) is 8.48. The molecule has 1 atom stereocenters. The van der Waals surface area contributed by atoms with E-state index in [-0.39, 0.29) is 18.0 Å². The van der Waals surface area contributed by atoms with Crippen molar-refractivity contribution in [3.63, 3.8) is 0 Å². The first kappa shape index (κ1) is 15.2. The van der Waals surface area contributed by atoms with Crippen molar-refractivity contribution < 1.29 is 9.59 Å². The average Bonchev–Trinajstić information content (AvgIpc) is 3.15. The van der Waals surface area contributed by atoms with Gasteiger partial charge in [0, 0.05) is 17.5 Å². The van der Waals surface area contributed by atoms with Gasteiger partial charge in [-0.15, -0.1) is 11.3 Å². The Morgan fingerprint density at radius 3 is 2.70 bits per heavy atom. The molecule has 0 bridgehead atoms. The van der Waals surface area contributed by atoms with Gasteiger partial charge in [-0.25, -0.2) is 4.98 Å². The van der Waals surface area contributed by atoms with Crippen LogP contribution >= 0.6 is 11.3 Å². The normalized spacial score (nSPS) is 17.0. The first-order valence-corrected chi connectivity index (χ1v) is 7.81. The number of aromatic nitrogens is 1. The number of carbonyl (C=O) groups excluding carboxylic acids is 2. The van der Waals surface area contributed by atoms with E-state index in [1.165, 1.54) is 16.3 Å². The van der Waals surface area contributed by atoms with Crippen molar-refractivity contribution >= 4 is 39.7 Å². The minimum Gasteiger partial charge on any atom is -0.368 e. The van der Waals surface area contributed by atoms with Crippen molar-refractivity contribution in [2.24, 2.45) is 10.8 Å². The van der Waals surface area contributed by atoms with Gasteiger partial charge in [0.1, 0.15) is 11.8 Å². The van der Waals surface area contributed by atoms with E-state index in [0.717, 1.165) is 4.88 Å². The molecular weight excluding hydrogens is 314 g/mol. The number of amides is 2. The number of hydrazone groups is 1. The fourth-order valence-corrected chi connectivity index (χ4v) is 2.93. The van der Waals surface area contributed by atoms with Crippen molar-refractivity contribution in [3.8, 4) is 0 Å². The summed E-state index contributed by atoms with van der Waals surface area (Å²) in [5.74, 6) is -0.894. The minimum absolute atomic E-state index is 0.167. The highest BCUT2D eigenvalue weighted by Gasteiger charge is 2.35. The fraction of sp³-hybridized carbons (Fsp3) is 0.200. The highest BCUT2D eigenvalue weighted by molar-refractivity contribution is 7.15. The zero-order valence-corrected chi connectivity index (χ0v) is 13.2. The fourth-order valence-electron chi connectivity index (χ4n) is 2.27. The second kappa shape index (κ2) is 6.17. The zero-order valence-electron chi connectivity index (χ0n) is 12.4. The second-order valence-corrected chi connectivity index (χ2v) is 6.31. The molecule has 1 unspecified atom stereocenters. The van der Waals surface area contributed by atoms with Crippen LogP contribution in [0.15, 0.2) is 41.6 Å². The van der Waals surface area contributed by atoms with Crippen LogP contribution in [0.2, 0.25) is 0 Å². The Hall–Kier alpha value is -2.74. The monoisotopic (exact) mass is 329 g/mol. The number of hydrogen-bond donors (Lipinski definition) is 2. The molecule has 0 radical (unpaired) electrons. The van der Waals surface area contributed by atoms with Crippen LogP contribution in [0.4, 0.5) is 10.8 Å². The summed E-state index contributed by atoms with van der Waals surface area (Å²) in [5.41, 5.74) is 6.42. The second-order valence-electron chi connectivity index (χ2n) is 5.08. The molecule has 0 saturated carbocycles. The largest absolute Gasteiger partial charge is 0.368 e. The lowest BCUT2D eigenvalue weighted by atomic mass is 10.1. The number of nitrogens with two attached hydrogens (primary N) is 1. The summed E-state index contributed by atoms with van der Waals surface area (Å²) in [5, 5.41) is 8.97. The highest BCUT2D eigenvalue weighted by atomic mass is 32.1. The third kappa shape index (κ3) is 3.21. The van der Waals surface area contributed by atoms with Crippen molar-refractivity contribution in [2.75, 3.05) is 10.3 Å². The maximum Gasteiger partial charge on any atom is 0.273 e. The lowest BCUT2D eigenvalue weighted by molar-refractivity contribution is -0.119. The van der Waals surface area contributed by atoms with Gasteiger partial charge in [0.15, 0.2) is 5.13 Å². The molecule has 0 spiro atoms. The van der Waals surface area contributed by atoms with Gasteiger partial charge >= 0.3 is 0 Å². The minimum atomic E-state index is -0.670. The Labute approximate surface area is 136 Å². The zero-order chi connectivity index (χ0) is 16.4. The van der Waals surface area contributed by atoms with E-state index in [2.05, 4.69) is 15.4 Å². The smallest absolute Gasteiger partial charge is 0.273 e. The summed E-state index contributed by atoms with van der Waals surface area (Å²) in [6.07, 6.45) is 1.85. The summed E-state index contributed by atoms with van der Waals surface area (Å²) in [4.78, 5) is 29.1. The molecule has 7 nitrogen and oxygen atoms in total. The lowest BCUT2D eigenvalue weighted by Gasteiger charge is -2.20. The van der Waals surface area contributed by atoms with Crippen molar-refractivity contribution in [2.45, 2.75) is 19.4 Å². The number of aryl methyl sites for hydroxylation is 1. The number of hydrogen-bond acceptors (Lipinski definition) is 6. The van der Waals surface area contributed by atoms with Gasteiger partial charge in [-0.1, -0.05) is 18.2 Å². The Kier molecular flexibility index (Phi) is 4.07. The van der Waals surface area contributed by atoms with Gasteiger partial charge in [-0.05, 0) is 19.1 Å². The third-order valence-corrected chi connectivity index (χ3v) is 4.19. The lowest BCUT2D eigenvalue weighted by Crippen LogP contribution is -2.39. The highest BCUT2D eigenvalue weighted by Crippen LogP contribution is 2.25. The van der Waals surface area contributed by atoms with Crippen molar-refractivity contribution in [1.29, 1.82) is 0 Å². The van der Waals surface area contributed by atoms with Crippen LogP contribution in [-0.4, -0.2) is 28.6 Å². The molecular formula is C15H15N5O2S. The van der Waals surface area contributed by atoms with Crippen LogP contribution in [0.25, 0.3) is 0 Å². The summed E-state index contributed by atoms with van der Waals surface area (Å²) in [7, 11) is 0. The number of carbonyl (C=O) groups is 2. The Bertz CT molecular complexity index is 771. The van der Waals surface area contributed by atoms with Crippen molar-refractivity contribution in [3.05, 3.63) is 41.4 Å². The number of anilines is 2. The maximum atomic E-state index is 12.3. The van der Waals surface area contributed by atoms with E-state index < -0.39 is 11.9 Å². The van der Waals surface area contributed by atoms with Gasteiger partial charge in [-0.2, -0.15) is 5.10 Å². The first-order chi connectivity index (χ1) is 11.0. The van der Waals surface area contributed by atoms with Gasteiger partial charge in [0.2, 0.25) is 5.91 Å². The molecule has 2 amide bonds. The number of nitrogens with one attached hydrogen (secondary N) is 1. The van der Waals surface area contributed by atoms with E-state index >= 15 is 0 Å². The van der Waals surface area contributed by atoms with Crippen LogP contribution in [0.5, 0.6) is 0 Å². The summed E-state index contributed by atoms with van der Waals surface area (Å²) < 4.78 is 0. The molecule has 8 heteroatoms. The average molecular weight is 329 g/mol. The molecule has 3 N–H and O–H groups in total. The number of rotatable bonds is 4. The van der Waals surface area contributed by atoms with Gasteiger partial charge < -0.3 is 5.73 Å². The number of primary amides is 1. The van der Waals surface area contributed by atoms with E-state index in [0.29, 0.717) is 10.8 Å². The molecule has 1 aromatic carbocycles. The van der Waals surface area contributed by atoms with Gasteiger partial charge in [-0.3, -0.25) is 19.9 Å². The van der Waals surface area contributed by atoms with Crippen molar-refractivity contribution in [1.82, 2.24) is 4.98 Å². The topological polar surface area (TPSA) is 101 Å². The molecule has 1 aliphatic rings. The molecule has 118 valence electrons. The van der Waals surface area contributed by atoms with E-state index in [1.54, 1.807) is 6.20 Å². The predicted molar refractivity (Wildman–Crippen MR) is 89.4 cm³/mol. The molecule has 1 aromatic heterocycles. The van der Waals surface area contributed by atoms with Crippen LogP contribution in [0.3, 0.4) is 0 Å². The first-order valence-electron chi connectivity index (χ1n) is 6.99. The number of para-hydroxylation sites is 1. The van der Waals surface area contributed by atoms with Gasteiger partial charge in [0.25, 0.3) is 5.91 Å². The summed E-state index contributed by atoms with van der Waals surface area (Å²) >= 11 is 1.38. The van der Waals surface area contributed by atoms with Crippen LogP contribution in [-0.2, 0) is 9.59 Å². The molecule has 0 aliphatic carbocycles. The summed E-state index contributed by atoms with van der Waals surface area (Å²) in [6.45, 7) is 1.90. The number of nitrogens with zero attached hydrogens (tertiary/aromatic N) is 3. The molecule has 1 aliphatic heterocycles. The molecule has 3 rings (SSSR count). The maximum absolute atomic E-state index is 12.3. The number of benzene rings is 1. The Balaban J connectivity index is 1.82. The van der Waals surface area contributed by atoms with E-state index in [4.69, 9.17) is 5.73 Å². The van der Waals surface area contributed by atoms with Crippen LogP contribution in [0, 0.1) is 6.92 Å². The SMILES string of the molecule is Cc1cnc(NC(=O)C2=NN(c3ccccc3)C(C(N)=O)C2)s1. The molecule has 23 heavy (non-hydrogen) atoms. The Morgan fingerprint density at radius 1 is 1.35 bits per heavy atom. The number of thiazole rings is 1.